The molecule has 2 aliphatic rings. The largest absolute Gasteiger partial charge is 0.480 e. The topological polar surface area (TPSA) is 67.4 Å². The summed E-state index contributed by atoms with van der Waals surface area (Å²) in [5.41, 5.74) is 7.33. The highest BCUT2D eigenvalue weighted by molar-refractivity contribution is 7.14. The van der Waals surface area contributed by atoms with Gasteiger partial charge in [0.05, 0.1) is 4.88 Å². The Bertz CT molecular complexity index is 820. The molecular formula is C20H22N2O3S. The molecule has 0 bridgehead atoms. The number of carbonyl (C=O) groups is 2. The summed E-state index contributed by atoms with van der Waals surface area (Å²) in [5.74, 6) is 0.854. The van der Waals surface area contributed by atoms with E-state index in [1.807, 2.05) is 30.3 Å². The van der Waals surface area contributed by atoms with Crippen molar-refractivity contribution in [2.24, 2.45) is 5.92 Å². The summed E-state index contributed by atoms with van der Waals surface area (Å²) in [4.78, 5) is 26.6. The van der Waals surface area contributed by atoms with Gasteiger partial charge in [0.2, 0.25) is 0 Å². The molecule has 26 heavy (non-hydrogen) atoms. The van der Waals surface area contributed by atoms with E-state index in [4.69, 9.17) is 4.74 Å². The normalized spacial score (nSPS) is 20.7. The molecular weight excluding hydrogens is 348 g/mol. The number of carbonyl (C=O) groups excluding carboxylic acids is 2. The second-order valence-corrected chi connectivity index (χ2v) is 8.07. The SMILES string of the molecule is CC[C@H]1CCc2sc(C(=O)NNC(=O)[C@@H]3Cc4ccccc4O3)cc2C1. The van der Waals surface area contributed by atoms with Gasteiger partial charge in [0.25, 0.3) is 11.8 Å². The first kappa shape index (κ1) is 17.1. The molecule has 0 saturated heterocycles. The number of rotatable bonds is 3. The molecule has 2 heterocycles. The second-order valence-electron chi connectivity index (χ2n) is 6.94. The third-order valence-corrected chi connectivity index (χ3v) is 6.46. The van der Waals surface area contributed by atoms with E-state index in [1.54, 1.807) is 0 Å². The van der Waals surface area contributed by atoms with Crippen LogP contribution in [0, 0.1) is 5.92 Å². The van der Waals surface area contributed by atoms with Crippen LogP contribution in [-0.4, -0.2) is 17.9 Å². The van der Waals surface area contributed by atoms with Crippen molar-refractivity contribution in [3.05, 3.63) is 51.2 Å². The van der Waals surface area contributed by atoms with Gasteiger partial charge in [0.1, 0.15) is 5.75 Å². The monoisotopic (exact) mass is 370 g/mol. The lowest BCUT2D eigenvalue weighted by Gasteiger charge is -2.19. The fourth-order valence-corrected chi connectivity index (χ4v) is 4.75. The van der Waals surface area contributed by atoms with E-state index in [2.05, 4.69) is 17.8 Å². The van der Waals surface area contributed by atoms with E-state index < -0.39 is 6.10 Å². The number of nitrogens with one attached hydrogen (secondary N) is 2. The van der Waals surface area contributed by atoms with E-state index in [1.165, 1.54) is 34.6 Å². The molecule has 5 nitrogen and oxygen atoms in total. The fourth-order valence-electron chi connectivity index (χ4n) is 3.65. The fraction of sp³-hybridized carbons (Fsp3) is 0.400. The first-order chi connectivity index (χ1) is 12.6. The van der Waals surface area contributed by atoms with Crippen LogP contribution in [0.25, 0.3) is 0 Å². The maximum atomic E-state index is 12.4. The van der Waals surface area contributed by atoms with Crippen molar-refractivity contribution >= 4 is 23.2 Å². The molecule has 2 aromatic rings. The Hall–Kier alpha value is -2.34. The molecule has 136 valence electrons. The number of thiophene rings is 1. The molecule has 1 aliphatic carbocycles. The molecule has 2 N–H and O–H groups in total. The molecule has 0 spiro atoms. The van der Waals surface area contributed by atoms with Crippen LogP contribution in [0.2, 0.25) is 0 Å². The maximum absolute atomic E-state index is 12.4. The Morgan fingerprint density at radius 2 is 2.04 bits per heavy atom. The zero-order valence-electron chi connectivity index (χ0n) is 14.7. The number of hydrogen-bond acceptors (Lipinski definition) is 4. The molecule has 1 aromatic carbocycles. The van der Waals surface area contributed by atoms with Crippen molar-refractivity contribution in [1.29, 1.82) is 0 Å². The number of benzene rings is 1. The summed E-state index contributed by atoms with van der Waals surface area (Å²) < 4.78 is 5.64. The van der Waals surface area contributed by atoms with Gasteiger partial charge in [-0.25, -0.2) is 0 Å². The van der Waals surface area contributed by atoms with Gasteiger partial charge < -0.3 is 4.74 Å². The van der Waals surface area contributed by atoms with E-state index in [0.717, 1.165) is 24.2 Å². The van der Waals surface area contributed by atoms with Crippen molar-refractivity contribution in [3.63, 3.8) is 0 Å². The molecule has 0 fully saturated rings. The summed E-state index contributed by atoms with van der Waals surface area (Å²) in [6, 6.07) is 9.57. The van der Waals surface area contributed by atoms with Crippen LogP contribution in [0.4, 0.5) is 0 Å². The van der Waals surface area contributed by atoms with Gasteiger partial charge >= 0.3 is 0 Å². The second kappa shape index (κ2) is 7.11. The third kappa shape index (κ3) is 3.33. The van der Waals surface area contributed by atoms with E-state index in [9.17, 15) is 9.59 Å². The minimum absolute atomic E-state index is 0.263. The molecule has 1 aromatic heterocycles. The Morgan fingerprint density at radius 1 is 1.19 bits per heavy atom. The summed E-state index contributed by atoms with van der Waals surface area (Å²) in [5, 5.41) is 0. The van der Waals surface area contributed by atoms with Gasteiger partial charge in [-0.05, 0) is 48.4 Å². The molecule has 4 rings (SSSR count). The van der Waals surface area contributed by atoms with E-state index in [0.29, 0.717) is 17.2 Å². The number of ether oxygens (including phenoxy) is 1. The van der Waals surface area contributed by atoms with Crippen LogP contribution < -0.4 is 15.6 Å². The average molecular weight is 370 g/mol. The third-order valence-electron chi connectivity index (χ3n) is 5.22. The van der Waals surface area contributed by atoms with Gasteiger partial charge in [-0.1, -0.05) is 31.5 Å². The van der Waals surface area contributed by atoms with E-state index >= 15 is 0 Å². The lowest BCUT2D eigenvalue weighted by molar-refractivity contribution is -0.128. The lowest BCUT2D eigenvalue weighted by atomic mass is 9.87. The molecule has 2 amide bonds. The predicted octanol–water partition coefficient (Wildman–Crippen LogP) is 3.03. The molecule has 0 saturated carbocycles. The van der Waals surface area contributed by atoms with Gasteiger partial charge in [0.15, 0.2) is 6.10 Å². The Labute approximate surface area is 156 Å². The highest BCUT2D eigenvalue weighted by atomic mass is 32.1. The zero-order chi connectivity index (χ0) is 18.1. The van der Waals surface area contributed by atoms with Crippen molar-refractivity contribution in [1.82, 2.24) is 10.9 Å². The summed E-state index contributed by atoms with van der Waals surface area (Å²) in [6.07, 6.45) is 4.39. The average Bonchev–Trinajstić information content (AvgIpc) is 3.28. The van der Waals surface area contributed by atoms with Crippen molar-refractivity contribution in [3.8, 4) is 5.75 Å². The molecule has 2 atom stereocenters. The number of para-hydroxylation sites is 1. The quantitative estimate of drug-likeness (QED) is 0.816. The van der Waals surface area contributed by atoms with Gasteiger partial charge in [-0.15, -0.1) is 11.3 Å². The number of aryl methyl sites for hydroxylation is 1. The Morgan fingerprint density at radius 3 is 2.85 bits per heavy atom. The highest BCUT2D eigenvalue weighted by Crippen LogP contribution is 2.33. The first-order valence-corrected chi connectivity index (χ1v) is 9.92. The van der Waals surface area contributed by atoms with Crippen molar-refractivity contribution in [2.75, 3.05) is 0 Å². The van der Waals surface area contributed by atoms with Crippen molar-refractivity contribution < 1.29 is 14.3 Å². The summed E-state index contributed by atoms with van der Waals surface area (Å²) in [7, 11) is 0. The summed E-state index contributed by atoms with van der Waals surface area (Å²) >= 11 is 1.54. The van der Waals surface area contributed by atoms with E-state index in [-0.39, 0.29) is 11.8 Å². The van der Waals surface area contributed by atoms with Crippen LogP contribution in [0.3, 0.4) is 0 Å². The standard InChI is InChI=1S/C20H22N2O3S/c1-2-12-7-8-17-14(9-12)11-18(26-17)20(24)22-21-19(23)16-10-13-5-3-4-6-15(13)25-16/h3-6,11-12,16H,2,7-10H2,1H3,(H,21,23)(H,22,24)/t12-,16-/m0/s1. The first-order valence-electron chi connectivity index (χ1n) is 9.10. The van der Waals surface area contributed by atoms with Gasteiger partial charge in [0, 0.05) is 11.3 Å². The van der Waals surface area contributed by atoms with Crippen LogP contribution in [0.1, 0.15) is 45.4 Å². The summed E-state index contributed by atoms with van der Waals surface area (Å²) in [6.45, 7) is 2.22. The van der Waals surface area contributed by atoms with Crippen LogP contribution in [0.15, 0.2) is 30.3 Å². The van der Waals surface area contributed by atoms with Crippen LogP contribution in [0.5, 0.6) is 5.75 Å². The van der Waals surface area contributed by atoms with Crippen LogP contribution in [-0.2, 0) is 24.1 Å². The van der Waals surface area contributed by atoms with Gasteiger partial charge in [-0.3, -0.25) is 20.4 Å². The predicted molar refractivity (Wildman–Crippen MR) is 100 cm³/mol. The molecule has 6 heteroatoms. The molecule has 0 unspecified atom stereocenters. The minimum atomic E-state index is -0.602. The molecule has 0 radical (unpaired) electrons. The van der Waals surface area contributed by atoms with Crippen molar-refractivity contribution in [2.45, 2.75) is 45.1 Å². The maximum Gasteiger partial charge on any atom is 0.279 e. The Balaban J connectivity index is 1.33. The smallest absolute Gasteiger partial charge is 0.279 e. The van der Waals surface area contributed by atoms with Crippen LogP contribution >= 0.6 is 11.3 Å². The number of amides is 2. The van der Waals surface area contributed by atoms with Gasteiger partial charge in [-0.2, -0.15) is 0 Å². The number of fused-ring (bicyclic) bond motifs is 2. The number of hydrazine groups is 1. The molecule has 1 aliphatic heterocycles. The minimum Gasteiger partial charge on any atom is -0.480 e. The number of hydrogen-bond donors (Lipinski definition) is 2. The zero-order valence-corrected chi connectivity index (χ0v) is 15.5. The Kier molecular flexibility index (Phi) is 4.68. The lowest BCUT2D eigenvalue weighted by Crippen LogP contribution is -2.47. The highest BCUT2D eigenvalue weighted by Gasteiger charge is 2.29.